The third-order valence-corrected chi connectivity index (χ3v) is 6.06. The minimum absolute atomic E-state index is 0.193. The van der Waals surface area contributed by atoms with Gasteiger partial charge in [-0.2, -0.15) is 0 Å². The summed E-state index contributed by atoms with van der Waals surface area (Å²) in [4.78, 5) is 22.3. The molecule has 0 aliphatic carbocycles. The monoisotopic (exact) mass is 395 g/mol. The van der Waals surface area contributed by atoms with Crippen molar-refractivity contribution in [2.75, 3.05) is 5.32 Å². The Kier molecular flexibility index (Phi) is 4.63. The number of anilines is 1. The van der Waals surface area contributed by atoms with Gasteiger partial charge in [-0.1, -0.05) is 23.8 Å². The van der Waals surface area contributed by atoms with Gasteiger partial charge in [-0.3, -0.25) is 10.1 Å². The topological polar surface area (TPSA) is 68.0 Å². The Labute approximate surface area is 164 Å². The second kappa shape index (κ2) is 7.09. The van der Waals surface area contributed by atoms with Gasteiger partial charge in [-0.05, 0) is 38.5 Å². The lowest BCUT2D eigenvalue weighted by Gasteiger charge is -2.03. The zero-order valence-electron chi connectivity index (χ0n) is 15.1. The number of hydrogen-bond donors (Lipinski definition) is 1. The molecule has 0 fully saturated rings. The molecule has 1 amide bonds. The maximum Gasteiger partial charge on any atom is 0.269 e. The van der Waals surface area contributed by atoms with E-state index in [1.54, 1.807) is 6.26 Å². The zero-order chi connectivity index (χ0) is 19.0. The van der Waals surface area contributed by atoms with E-state index < -0.39 is 0 Å². The molecule has 0 atom stereocenters. The number of aromatic nitrogens is 2. The number of thiazole rings is 2. The molecule has 0 saturated carbocycles. The first kappa shape index (κ1) is 17.6. The van der Waals surface area contributed by atoms with Crippen LogP contribution >= 0.6 is 22.7 Å². The molecular formula is C20H17N3O2S2. The van der Waals surface area contributed by atoms with Crippen LogP contribution in [0.2, 0.25) is 0 Å². The van der Waals surface area contributed by atoms with Gasteiger partial charge in [0.2, 0.25) is 0 Å². The van der Waals surface area contributed by atoms with Crippen LogP contribution in [0.1, 0.15) is 26.5 Å². The van der Waals surface area contributed by atoms with Crippen molar-refractivity contribution in [1.29, 1.82) is 0 Å². The molecule has 0 saturated heterocycles. The minimum atomic E-state index is -0.193. The molecule has 3 aromatic heterocycles. The number of rotatable bonds is 4. The number of nitrogens with zero attached hydrogens (tertiary/aromatic N) is 2. The van der Waals surface area contributed by atoms with Crippen molar-refractivity contribution in [3.63, 3.8) is 0 Å². The highest BCUT2D eigenvalue weighted by Gasteiger charge is 2.19. The Bertz CT molecular complexity index is 1110. The van der Waals surface area contributed by atoms with Crippen LogP contribution in [0.15, 0.2) is 46.4 Å². The standard InChI is InChI=1S/C20H17N3O2S2/c1-11-6-7-14(12(2)9-11)19-21-13(3)17(27-19)18(24)23-20-22-15(10-26-20)16-5-4-8-25-16/h4-10H,1-3H3,(H,22,23,24). The number of nitrogens with one attached hydrogen (secondary N) is 1. The van der Waals surface area contributed by atoms with Crippen molar-refractivity contribution in [1.82, 2.24) is 9.97 Å². The van der Waals surface area contributed by atoms with E-state index in [1.165, 1.54) is 28.2 Å². The number of aryl methyl sites for hydroxylation is 3. The minimum Gasteiger partial charge on any atom is -0.463 e. The van der Waals surface area contributed by atoms with Crippen LogP contribution in [-0.2, 0) is 0 Å². The summed E-state index contributed by atoms with van der Waals surface area (Å²) in [5, 5.41) is 6.11. The molecule has 7 heteroatoms. The van der Waals surface area contributed by atoms with Gasteiger partial charge >= 0.3 is 0 Å². The van der Waals surface area contributed by atoms with Crippen LogP contribution in [0.25, 0.3) is 22.0 Å². The molecule has 5 nitrogen and oxygen atoms in total. The van der Waals surface area contributed by atoms with Crippen LogP contribution in [0.5, 0.6) is 0 Å². The fourth-order valence-electron chi connectivity index (χ4n) is 2.80. The van der Waals surface area contributed by atoms with E-state index in [0.717, 1.165) is 21.8 Å². The summed E-state index contributed by atoms with van der Waals surface area (Å²) in [6, 6.07) is 9.88. The number of carbonyl (C=O) groups is 1. The molecule has 4 aromatic rings. The maximum atomic E-state index is 12.7. The van der Waals surface area contributed by atoms with Crippen LogP contribution in [0, 0.1) is 20.8 Å². The van der Waals surface area contributed by atoms with Gasteiger partial charge in [0.25, 0.3) is 5.91 Å². The smallest absolute Gasteiger partial charge is 0.269 e. The summed E-state index contributed by atoms with van der Waals surface area (Å²) >= 11 is 2.76. The van der Waals surface area contributed by atoms with Gasteiger partial charge < -0.3 is 4.42 Å². The maximum absolute atomic E-state index is 12.7. The molecule has 0 unspecified atom stereocenters. The van der Waals surface area contributed by atoms with Gasteiger partial charge in [0.1, 0.15) is 15.6 Å². The predicted octanol–water partition coefficient (Wildman–Crippen LogP) is 5.70. The van der Waals surface area contributed by atoms with E-state index in [0.29, 0.717) is 21.5 Å². The molecule has 27 heavy (non-hydrogen) atoms. The highest BCUT2D eigenvalue weighted by molar-refractivity contribution is 7.17. The van der Waals surface area contributed by atoms with Gasteiger partial charge in [0.05, 0.1) is 12.0 Å². The Morgan fingerprint density at radius 1 is 1.15 bits per heavy atom. The first-order valence-electron chi connectivity index (χ1n) is 8.37. The van der Waals surface area contributed by atoms with Crippen LogP contribution in [-0.4, -0.2) is 15.9 Å². The predicted molar refractivity (Wildman–Crippen MR) is 110 cm³/mol. The number of amides is 1. The zero-order valence-corrected chi connectivity index (χ0v) is 16.7. The van der Waals surface area contributed by atoms with Crippen molar-refractivity contribution in [2.45, 2.75) is 20.8 Å². The van der Waals surface area contributed by atoms with Crippen molar-refractivity contribution in [3.8, 4) is 22.0 Å². The summed E-state index contributed by atoms with van der Waals surface area (Å²) in [5.41, 5.74) is 4.84. The molecule has 0 radical (unpaired) electrons. The summed E-state index contributed by atoms with van der Waals surface area (Å²) in [6.07, 6.45) is 1.60. The van der Waals surface area contributed by atoms with Crippen molar-refractivity contribution < 1.29 is 9.21 Å². The SMILES string of the molecule is Cc1ccc(-c2nc(C)c(C(=O)Nc3nc(-c4ccco4)cs3)s2)c(C)c1. The van der Waals surface area contributed by atoms with E-state index in [-0.39, 0.29) is 5.91 Å². The second-order valence-corrected chi connectivity index (χ2v) is 8.08. The molecule has 4 rings (SSSR count). The number of furan rings is 1. The normalized spacial score (nSPS) is 10.9. The molecule has 0 aliphatic heterocycles. The summed E-state index contributed by atoms with van der Waals surface area (Å²) < 4.78 is 5.34. The summed E-state index contributed by atoms with van der Waals surface area (Å²) in [7, 11) is 0. The van der Waals surface area contributed by atoms with E-state index in [4.69, 9.17) is 4.42 Å². The van der Waals surface area contributed by atoms with Gasteiger partial charge in [-0.15, -0.1) is 22.7 Å². The van der Waals surface area contributed by atoms with Crippen LogP contribution in [0.4, 0.5) is 5.13 Å². The first-order chi connectivity index (χ1) is 13.0. The Morgan fingerprint density at radius 3 is 2.74 bits per heavy atom. The number of carbonyl (C=O) groups excluding carboxylic acids is 1. The second-order valence-electron chi connectivity index (χ2n) is 6.22. The highest BCUT2D eigenvalue weighted by Crippen LogP contribution is 2.32. The van der Waals surface area contributed by atoms with E-state index in [9.17, 15) is 4.79 Å². The Hall–Kier alpha value is -2.77. The lowest BCUT2D eigenvalue weighted by Crippen LogP contribution is -2.11. The molecule has 136 valence electrons. The van der Waals surface area contributed by atoms with Crippen LogP contribution < -0.4 is 5.32 Å². The molecule has 0 spiro atoms. The van der Waals surface area contributed by atoms with Gasteiger partial charge in [-0.25, -0.2) is 9.97 Å². The van der Waals surface area contributed by atoms with Crippen molar-refractivity contribution in [2.24, 2.45) is 0 Å². The van der Waals surface area contributed by atoms with Gasteiger partial charge in [0.15, 0.2) is 10.9 Å². The third kappa shape index (κ3) is 3.56. The van der Waals surface area contributed by atoms with E-state index in [1.807, 2.05) is 24.4 Å². The Morgan fingerprint density at radius 2 is 2.00 bits per heavy atom. The fraction of sp³-hybridized carbons (Fsp3) is 0.150. The fourth-order valence-corrected chi connectivity index (χ4v) is 4.55. The largest absolute Gasteiger partial charge is 0.463 e. The third-order valence-electron chi connectivity index (χ3n) is 4.11. The number of benzene rings is 1. The van der Waals surface area contributed by atoms with Crippen LogP contribution in [0.3, 0.4) is 0 Å². The molecule has 1 aromatic carbocycles. The highest BCUT2D eigenvalue weighted by atomic mass is 32.1. The van der Waals surface area contributed by atoms with Crippen molar-refractivity contribution >= 4 is 33.7 Å². The van der Waals surface area contributed by atoms with E-state index in [2.05, 4.69) is 47.3 Å². The molecule has 3 heterocycles. The summed E-state index contributed by atoms with van der Waals surface area (Å²) in [5.74, 6) is 0.485. The van der Waals surface area contributed by atoms with Gasteiger partial charge in [0, 0.05) is 10.9 Å². The molecule has 0 bridgehead atoms. The lowest BCUT2D eigenvalue weighted by atomic mass is 10.1. The van der Waals surface area contributed by atoms with E-state index >= 15 is 0 Å². The average molecular weight is 396 g/mol. The van der Waals surface area contributed by atoms with Crippen molar-refractivity contribution in [3.05, 3.63) is 63.7 Å². The Balaban J connectivity index is 1.57. The molecule has 1 N–H and O–H groups in total. The quantitative estimate of drug-likeness (QED) is 0.481. The molecule has 0 aliphatic rings. The summed E-state index contributed by atoms with van der Waals surface area (Å²) in [6.45, 7) is 5.98. The first-order valence-corrected chi connectivity index (χ1v) is 10.1. The number of hydrogen-bond acceptors (Lipinski definition) is 6. The lowest BCUT2D eigenvalue weighted by molar-refractivity contribution is 0.103. The average Bonchev–Trinajstić information content (AvgIpc) is 3.35. The molecular weight excluding hydrogens is 378 g/mol.